The number of carbonyl (C=O) groups is 1. The summed E-state index contributed by atoms with van der Waals surface area (Å²) in [5.41, 5.74) is -1.22. The zero-order chi connectivity index (χ0) is 29.2. The largest absolute Gasteiger partial charge is 0.748 e. The van der Waals surface area contributed by atoms with Crippen molar-refractivity contribution < 1.29 is 57.9 Å². The minimum Gasteiger partial charge on any atom is -0.748 e. The van der Waals surface area contributed by atoms with Crippen molar-refractivity contribution in [3.05, 3.63) is 81.4 Å². The molecule has 8 nitrogen and oxygen atoms in total. The van der Waals surface area contributed by atoms with Crippen LogP contribution in [0.1, 0.15) is 33.1 Å². The molecule has 2 bridgehead atoms. The molecule has 2 aromatic rings. The van der Waals surface area contributed by atoms with E-state index in [1.54, 1.807) is 0 Å². The molecular weight excluding hydrogens is 647 g/mol. The van der Waals surface area contributed by atoms with Gasteiger partial charge in [0.2, 0.25) is 0 Å². The van der Waals surface area contributed by atoms with E-state index in [9.17, 15) is 17.8 Å². The van der Waals surface area contributed by atoms with E-state index in [0.29, 0.717) is 39.3 Å². The van der Waals surface area contributed by atoms with Crippen LogP contribution in [0.25, 0.3) is 0 Å². The van der Waals surface area contributed by atoms with Crippen LogP contribution in [0.2, 0.25) is 0 Å². The predicted molar refractivity (Wildman–Crippen MR) is 147 cm³/mol. The number of Topliss-reactive ketones (excluding diaryl/α,β-unsaturated/α-hetero) is 1. The quantitative estimate of drug-likeness (QED) is 0.128. The highest BCUT2D eigenvalue weighted by Gasteiger charge is 2.64. The van der Waals surface area contributed by atoms with Crippen molar-refractivity contribution in [1.29, 1.82) is 0 Å². The van der Waals surface area contributed by atoms with Gasteiger partial charge in [0.15, 0.2) is 7.14 Å². The minimum absolute atomic E-state index is 0.0248. The van der Waals surface area contributed by atoms with Crippen LogP contribution >= 0.6 is 0 Å². The Labute approximate surface area is 247 Å². The zero-order valence-corrected chi connectivity index (χ0v) is 25.9. The number of ether oxygens (including phenoxy) is 4. The van der Waals surface area contributed by atoms with Gasteiger partial charge in [-0.15, -0.1) is 0 Å². The van der Waals surface area contributed by atoms with Crippen LogP contribution in [0.15, 0.2) is 74.2 Å². The van der Waals surface area contributed by atoms with E-state index < -0.39 is 21.3 Å². The van der Waals surface area contributed by atoms with Crippen molar-refractivity contribution in [2.45, 2.75) is 33.1 Å². The Morgan fingerprint density at radius 1 is 0.900 bits per heavy atom. The summed E-state index contributed by atoms with van der Waals surface area (Å²) >= 11 is -0.223. The Hall–Kier alpha value is -2.57. The number of hydrogen-bond acceptors (Lipinski definition) is 8. The maximum Gasteiger partial charge on any atom is 0.357 e. The maximum absolute atomic E-state index is 11.8. The standard InChI is InChI=1S/C20H22IO4.C10H16O4S/c1-3-22-13-15-24-19-9-5-17(6-10-19)21-18-7-11-20(12-8-18)25-16-14-23-4-2;1-9(2)7-3-4-10(9,8(11)5-7)6-15(12,13)14/h3-12H,1-2,13-16H2;7H,3-6H2,1-2H3,(H,12,13,14)/q+1;/p-1. The van der Waals surface area contributed by atoms with Crippen LogP contribution in [-0.4, -0.2) is 50.9 Å². The predicted octanol–water partition coefficient (Wildman–Crippen LogP) is 1.82. The number of fused-ring (bicyclic) bond motifs is 2. The molecule has 2 atom stereocenters. The van der Waals surface area contributed by atoms with Gasteiger partial charge in [0.1, 0.15) is 43.7 Å². The first-order valence-corrected chi connectivity index (χ1v) is 16.8. The third-order valence-electron chi connectivity index (χ3n) is 7.58. The van der Waals surface area contributed by atoms with Crippen LogP contribution in [0, 0.1) is 23.9 Å². The highest BCUT2D eigenvalue weighted by atomic mass is 127. The van der Waals surface area contributed by atoms with E-state index in [1.165, 1.54) is 19.7 Å². The lowest BCUT2D eigenvalue weighted by Gasteiger charge is -2.37. The molecule has 0 aromatic heterocycles. The SMILES string of the molecule is C=COCCOc1ccc([I+]c2ccc(OCCOC=C)cc2)cc1.CC1(C)C2CCC1(CS(=O)(=O)[O-])C(=O)C2. The van der Waals surface area contributed by atoms with E-state index in [-0.39, 0.29) is 38.3 Å². The molecule has 0 aliphatic heterocycles. The number of carbonyl (C=O) groups excluding carboxylic acids is 1. The van der Waals surface area contributed by atoms with E-state index in [4.69, 9.17) is 18.9 Å². The number of rotatable bonds is 14. The molecule has 2 fully saturated rings. The minimum atomic E-state index is -4.33. The summed E-state index contributed by atoms with van der Waals surface area (Å²) in [4.78, 5) is 11.8. The molecule has 4 rings (SSSR count). The van der Waals surface area contributed by atoms with Gasteiger partial charge in [0, 0.05) is 11.8 Å². The molecule has 0 N–H and O–H groups in total. The highest BCUT2D eigenvalue weighted by Crippen LogP contribution is 2.64. The Morgan fingerprint density at radius 2 is 1.38 bits per heavy atom. The lowest BCUT2D eigenvalue weighted by atomic mass is 9.70. The zero-order valence-electron chi connectivity index (χ0n) is 23.0. The first kappa shape index (κ1) is 32.0. The molecule has 218 valence electrons. The molecule has 0 amide bonds. The summed E-state index contributed by atoms with van der Waals surface area (Å²) in [5, 5.41) is 0. The lowest BCUT2D eigenvalue weighted by Crippen LogP contribution is -3.61. The maximum atomic E-state index is 11.8. The molecule has 0 heterocycles. The van der Waals surface area contributed by atoms with Crippen molar-refractivity contribution in [3.8, 4) is 11.5 Å². The first-order chi connectivity index (χ1) is 19.0. The molecule has 40 heavy (non-hydrogen) atoms. The van der Waals surface area contributed by atoms with Gasteiger partial charge < -0.3 is 23.5 Å². The van der Waals surface area contributed by atoms with Gasteiger partial charge >= 0.3 is 21.2 Å². The second-order valence-electron chi connectivity index (χ2n) is 10.1. The van der Waals surface area contributed by atoms with Crippen LogP contribution in [0.4, 0.5) is 0 Å². The third kappa shape index (κ3) is 8.47. The average molecular weight is 685 g/mol. The molecule has 2 saturated carbocycles. The average Bonchev–Trinajstić information content (AvgIpc) is 3.25. The van der Waals surface area contributed by atoms with Gasteiger partial charge in [-0.2, -0.15) is 0 Å². The van der Waals surface area contributed by atoms with E-state index >= 15 is 0 Å². The van der Waals surface area contributed by atoms with Gasteiger partial charge in [-0.3, -0.25) is 4.79 Å². The second kappa shape index (κ2) is 14.4. The Kier molecular flexibility index (Phi) is 11.5. The fourth-order valence-electron chi connectivity index (χ4n) is 5.31. The van der Waals surface area contributed by atoms with Crippen LogP contribution in [0.5, 0.6) is 11.5 Å². The number of halogens is 1. The van der Waals surface area contributed by atoms with Gasteiger partial charge in [-0.1, -0.05) is 27.0 Å². The Morgan fingerprint density at radius 3 is 1.73 bits per heavy atom. The number of ketones is 1. The fraction of sp³-hybridized carbons (Fsp3) is 0.433. The second-order valence-corrected chi connectivity index (χ2v) is 14.6. The Bertz CT molecular complexity index is 1180. The summed E-state index contributed by atoms with van der Waals surface area (Å²) in [6, 6.07) is 16.5. The van der Waals surface area contributed by atoms with Crippen molar-refractivity contribution in [1.82, 2.24) is 0 Å². The van der Waals surface area contributed by atoms with Crippen molar-refractivity contribution in [3.63, 3.8) is 0 Å². The monoisotopic (exact) mass is 684 g/mol. The molecule has 0 radical (unpaired) electrons. The summed E-state index contributed by atoms with van der Waals surface area (Å²) < 4.78 is 56.6. The molecule has 10 heteroatoms. The molecule has 2 aliphatic rings. The van der Waals surface area contributed by atoms with Crippen LogP contribution in [-0.2, 0) is 24.4 Å². The number of benzene rings is 2. The Balaban J connectivity index is 0.000000249. The highest BCUT2D eigenvalue weighted by molar-refractivity contribution is 7.85. The van der Waals surface area contributed by atoms with Gasteiger partial charge in [0.05, 0.1) is 28.4 Å². The van der Waals surface area contributed by atoms with E-state index in [0.717, 1.165) is 17.9 Å². The molecule has 0 spiro atoms. The van der Waals surface area contributed by atoms with E-state index in [2.05, 4.69) is 37.4 Å². The summed E-state index contributed by atoms with van der Waals surface area (Å²) in [5.74, 6) is 1.43. The molecular formula is C30H37IO8S. The fourth-order valence-corrected chi connectivity index (χ4v) is 8.74. The smallest absolute Gasteiger partial charge is 0.357 e. The van der Waals surface area contributed by atoms with Gasteiger partial charge in [-0.05, 0) is 72.7 Å². The summed E-state index contributed by atoms with van der Waals surface area (Å²) in [6.45, 7) is 12.9. The van der Waals surface area contributed by atoms with Crippen molar-refractivity contribution >= 4 is 15.9 Å². The molecule has 2 aliphatic carbocycles. The molecule has 2 unspecified atom stereocenters. The third-order valence-corrected chi connectivity index (χ3v) is 11.1. The summed E-state index contributed by atoms with van der Waals surface area (Å²) in [6.07, 6.45) is 4.71. The van der Waals surface area contributed by atoms with Crippen LogP contribution < -0.4 is 30.7 Å². The number of hydrogen-bond donors (Lipinski definition) is 0. The lowest BCUT2D eigenvalue weighted by molar-refractivity contribution is -0.597. The normalized spacial score (nSPS) is 20.7. The van der Waals surface area contributed by atoms with Gasteiger partial charge in [-0.25, -0.2) is 8.42 Å². The topological polar surface area (TPSA) is 111 Å². The van der Waals surface area contributed by atoms with E-state index in [1.807, 2.05) is 38.1 Å². The summed E-state index contributed by atoms with van der Waals surface area (Å²) in [7, 11) is -4.33. The molecule has 0 saturated heterocycles. The van der Waals surface area contributed by atoms with Crippen molar-refractivity contribution in [2.24, 2.45) is 16.7 Å². The molecule has 2 aromatic carbocycles. The van der Waals surface area contributed by atoms with Crippen LogP contribution in [0.3, 0.4) is 0 Å². The van der Waals surface area contributed by atoms with Gasteiger partial charge in [0.25, 0.3) is 0 Å². The van der Waals surface area contributed by atoms with Crippen molar-refractivity contribution in [2.75, 3.05) is 32.2 Å². The first-order valence-electron chi connectivity index (χ1n) is 13.0.